The van der Waals surface area contributed by atoms with E-state index in [2.05, 4.69) is 16.6 Å². The fraction of sp³-hybridized carbons (Fsp3) is 0.733. The minimum atomic E-state index is -0.0684. The van der Waals surface area contributed by atoms with Crippen molar-refractivity contribution in [3.05, 3.63) is 11.5 Å². The standard InChI is InChI=1S/C15H23ClN4/c1-9-5-7-12(8-6-9)20-14(10(2)16)17-13-11(3)18-19(4)15(13)20/h9-10,12H,5-8H2,1-4H3. The summed E-state index contributed by atoms with van der Waals surface area (Å²) in [4.78, 5) is 4.77. The van der Waals surface area contributed by atoms with Crippen LogP contribution in [0.5, 0.6) is 0 Å². The van der Waals surface area contributed by atoms with E-state index in [0.717, 1.165) is 28.6 Å². The second-order valence-electron chi connectivity index (χ2n) is 6.25. The molecule has 0 amide bonds. The first kappa shape index (κ1) is 13.9. The average Bonchev–Trinajstić information content (AvgIpc) is 2.90. The molecule has 2 aromatic heterocycles. The Labute approximate surface area is 125 Å². The number of aryl methyl sites for hydroxylation is 2. The lowest BCUT2D eigenvalue weighted by molar-refractivity contribution is 0.287. The first-order valence-electron chi connectivity index (χ1n) is 7.54. The van der Waals surface area contributed by atoms with Gasteiger partial charge in [0.1, 0.15) is 11.3 Å². The van der Waals surface area contributed by atoms with E-state index in [1.54, 1.807) is 0 Å². The van der Waals surface area contributed by atoms with Crippen molar-refractivity contribution < 1.29 is 0 Å². The normalized spacial score (nSPS) is 25.2. The molecule has 20 heavy (non-hydrogen) atoms. The third-order valence-electron chi connectivity index (χ3n) is 4.57. The van der Waals surface area contributed by atoms with Gasteiger partial charge in [0, 0.05) is 13.1 Å². The van der Waals surface area contributed by atoms with Crippen molar-refractivity contribution in [2.45, 2.75) is 57.9 Å². The molecule has 4 nitrogen and oxygen atoms in total. The number of nitrogens with zero attached hydrogens (tertiary/aromatic N) is 4. The number of aromatic nitrogens is 4. The van der Waals surface area contributed by atoms with E-state index < -0.39 is 0 Å². The summed E-state index contributed by atoms with van der Waals surface area (Å²) in [5.74, 6) is 1.84. The molecule has 0 bridgehead atoms. The van der Waals surface area contributed by atoms with E-state index in [0.29, 0.717) is 6.04 Å². The van der Waals surface area contributed by atoms with Crippen LogP contribution >= 0.6 is 11.6 Å². The molecular formula is C15H23ClN4. The summed E-state index contributed by atoms with van der Waals surface area (Å²) in [6, 6.07) is 0.516. The van der Waals surface area contributed by atoms with E-state index in [4.69, 9.17) is 16.6 Å². The van der Waals surface area contributed by atoms with Crippen LogP contribution in [-0.4, -0.2) is 19.3 Å². The van der Waals surface area contributed by atoms with Gasteiger partial charge in [-0.2, -0.15) is 5.10 Å². The van der Waals surface area contributed by atoms with Gasteiger partial charge in [-0.05, 0) is 45.4 Å². The van der Waals surface area contributed by atoms with Crippen LogP contribution in [0.1, 0.15) is 62.5 Å². The SMILES string of the molecule is Cc1nn(C)c2c1nc(C(C)Cl)n2C1CCC(C)CC1. The third kappa shape index (κ3) is 2.14. The molecule has 0 spiro atoms. The topological polar surface area (TPSA) is 35.6 Å². The highest BCUT2D eigenvalue weighted by atomic mass is 35.5. The molecule has 0 radical (unpaired) electrons. The van der Waals surface area contributed by atoms with Gasteiger partial charge in [0.15, 0.2) is 5.65 Å². The van der Waals surface area contributed by atoms with E-state index in [1.165, 1.54) is 25.7 Å². The molecule has 2 aromatic rings. The van der Waals surface area contributed by atoms with Crippen LogP contribution < -0.4 is 0 Å². The number of hydrogen-bond acceptors (Lipinski definition) is 2. The van der Waals surface area contributed by atoms with E-state index in [9.17, 15) is 0 Å². The van der Waals surface area contributed by atoms with Crippen LogP contribution in [0.3, 0.4) is 0 Å². The van der Waals surface area contributed by atoms with Crippen molar-refractivity contribution in [1.29, 1.82) is 0 Å². The van der Waals surface area contributed by atoms with Gasteiger partial charge in [-0.1, -0.05) is 6.92 Å². The maximum atomic E-state index is 6.38. The van der Waals surface area contributed by atoms with Crippen LogP contribution in [-0.2, 0) is 7.05 Å². The summed E-state index contributed by atoms with van der Waals surface area (Å²) in [6.07, 6.45) is 5.01. The number of imidazole rings is 1. The molecule has 0 saturated heterocycles. The van der Waals surface area contributed by atoms with Crippen LogP contribution in [0.15, 0.2) is 0 Å². The Kier molecular flexibility index (Phi) is 3.53. The van der Waals surface area contributed by atoms with Gasteiger partial charge in [-0.15, -0.1) is 11.6 Å². The lowest BCUT2D eigenvalue weighted by Gasteiger charge is -2.29. The number of alkyl halides is 1. The summed E-state index contributed by atoms with van der Waals surface area (Å²) in [6.45, 7) is 6.37. The van der Waals surface area contributed by atoms with Gasteiger partial charge in [-0.25, -0.2) is 4.98 Å². The van der Waals surface area contributed by atoms with Crippen molar-refractivity contribution in [2.24, 2.45) is 13.0 Å². The Balaban J connectivity index is 2.13. The van der Waals surface area contributed by atoms with Crippen molar-refractivity contribution in [3.8, 4) is 0 Å². The van der Waals surface area contributed by atoms with Gasteiger partial charge < -0.3 is 4.57 Å². The third-order valence-corrected chi connectivity index (χ3v) is 4.76. The molecule has 2 heterocycles. The van der Waals surface area contributed by atoms with Crippen molar-refractivity contribution >= 4 is 22.8 Å². The van der Waals surface area contributed by atoms with Crippen LogP contribution in [0.25, 0.3) is 11.2 Å². The molecule has 1 saturated carbocycles. The molecule has 0 aliphatic heterocycles. The predicted molar refractivity (Wildman–Crippen MR) is 82.2 cm³/mol. The number of halogens is 1. The van der Waals surface area contributed by atoms with E-state index >= 15 is 0 Å². The lowest BCUT2D eigenvalue weighted by atomic mass is 9.87. The van der Waals surface area contributed by atoms with E-state index in [-0.39, 0.29) is 5.38 Å². The molecule has 0 N–H and O–H groups in total. The monoisotopic (exact) mass is 294 g/mol. The first-order chi connectivity index (χ1) is 9.49. The Hall–Kier alpha value is -1.03. The molecule has 1 aliphatic carbocycles. The van der Waals surface area contributed by atoms with Crippen molar-refractivity contribution in [1.82, 2.24) is 19.3 Å². The summed E-state index contributed by atoms with van der Waals surface area (Å²) in [5.41, 5.74) is 3.13. The minimum Gasteiger partial charge on any atom is -0.309 e. The molecule has 1 atom stereocenters. The molecule has 110 valence electrons. The van der Waals surface area contributed by atoms with Gasteiger partial charge in [0.2, 0.25) is 0 Å². The average molecular weight is 295 g/mol. The molecule has 1 unspecified atom stereocenters. The number of fused-ring (bicyclic) bond motifs is 1. The smallest absolute Gasteiger partial charge is 0.158 e. The molecule has 0 aromatic carbocycles. The van der Waals surface area contributed by atoms with Crippen molar-refractivity contribution in [2.75, 3.05) is 0 Å². The molecule has 1 aliphatic rings. The molecule has 5 heteroatoms. The van der Waals surface area contributed by atoms with Gasteiger partial charge in [-0.3, -0.25) is 4.68 Å². The van der Waals surface area contributed by atoms with Crippen LogP contribution in [0.2, 0.25) is 0 Å². The highest BCUT2D eigenvalue weighted by Gasteiger charge is 2.27. The largest absolute Gasteiger partial charge is 0.309 e. The van der Waals surface area contributed by atoms with Gasteiger partial charge in [0.25, 0.3) is 0 Å². The van der Waals surface area contributed by atoms with E-state index in [1.807, 2.05) is 25.6 Å². The number of rotatable bonds is 2. The molecular weight excluding hydrogens is 272 g/mol. The Morgan fingerprint density at radius 2 is 1.90 bits per heavy atom. The fourth-order valence-electron chi connectivity index (χ4n) is 3.45. The fourth-order valence-corrected chi connectivity index (χ4v) is 3.61. The second-order valence-corrected chi connectivity index (χ2v) is 6.91. The summed E-state index contributed by atoms with van der Waals surface area (Å²) in [7, 11) is 2.00. The Morgan fingerprint density at radius 3 is 2.50 bits per heavy atom. The van der Waals surface area contributed by atoms with Crippen LogP contribution in [0, 0.1) is 12.8 Å². The minimum absolute atomic E-state index is 0.0684. The first-order valence-corrected chi connectivity index (χ1v) is 7.98. The maximum Gasteiger partial charge on any atom is 0.158 e. The summed E-state index contributed by atoms with van der Waals surface area (Å²) >= 11 is 6.38. The molecule has 1 fully saturated rings. The lowest BCUT2D eigenvalue weighted by Crippen LogP contribution is -2.20. The highest BCUT2D eigenvalue weighted by molar-refractivity contribution is 6.20. The van der Waals surface area contributed by atoms with Gasteiger partial charge >= 0.3 is 0 Å². The zero-order valence-corrected chi connectivity index (χ0v) is 13.5. The zero-order chi connectivity index (χ0) is 14.4. The number of hydrogen-bond donors (Lipinski definition) is 0. The van der Waals surface area contributed by atoms with Gasteiger partial charge in [0.05, 0.1) is 11.1 Å². The maximum absolute atomic E-state index is 6.38. The van der Waals surface area contributed by atoms with Crippen molar-refractivity contribution in [3.63, 3.8) is 0 Å². The Morgan fingerprint density at radius 1 is 1.25 bits per heavy atom. The molecule has 3 rings (SSSR count). The predicted octanol–water partition coefficient (Wildman–Crippen LogP) is 4.13. The second kappa shape index (κ2) is 5.06. The highest BCUT2D eigenvalue weighted by Crippen LogP contribution is 2.37. The summed E-state index contributed by atoms with van der Waals surface area (Å²) in [5, 5.41) is 4.44. The quantitative estimate of drug-likeness (QED) is 0.781. The zero-order valence-electron chi connectivity index (χ0n) is 12.7. The van der Waals surface area contributed by atoms with Crippen LogP contribution in [0.4, 0.5) is 0 Å². The summed E-state index contributed by atoms with van der Waals surface area (Å²) < 4.78 is 4.32. The Bertz CT molecular complexity index is 617.